The Bertz CT molecular complexity index is 1400. The number of piperidine rings is 1. The van der Waals surface area contributed by atoms with Crippen molar-refractivity contribution in [1.29, 1.82) is 0 Å². The summed E-state index contributed by atoms with van der Waals surface area (Å²) in [6.07, 6.45) is 2.43. The maximum atomic E-state index is 13.9. The van der Waals surface area contributed by atoms with Gasteiger partial charge in [0.1, 0.15) is 5.82 Å². The summed E-state index contributed by atoms with van der Waals surface area (Å²) in [4.78, 5) is 56.4. The van der Waals surface area contributed by atoms with E-state index < -0.39 is 11.7 Å². The van der Waals surface area contributed by atoms with Crippen molar-refractivity contribution >= 4 is 34.5 Å². The highest BCUT2D eigenvalue weighted by Gasteiger charge is 2.30. The lowest BCUT2D eigenvalue weighted by molar-refractivity contribution is -0.124. The molecular weight excluding hydrogens is 487 g/mol. The van der Waals surface area contributed by atoms with Gasteiger partial charge in [-0.1, -0.05) is 12.1 Å². The summed E-state index contributed by atoms with van der Waals surface area (Å²) in [7, 11) is 6.27. The Kier molecular flexibility index (Phi) is 7.66. The van der Waals surface area contributed by atoms with Crippen molar-refractivity contribution in [1.82, 2.24) is 19.3 Å². The Morgan fingerprint density at radius 2 is 1.55 bits per heavy atom. The number of benzene rings is 2. The molecule has 0 bridgehead atoms. The fourth-order valence-electron chi connectivity index (χ4n) is 5.06. The molecule has 1 aliphatic rings. The van der Waals surface area contributed by atoms with Gasteiger partial charge in [-0.05, 0) is 68.0 Å². The summed E-state index contributed by atoms with van der Waals surface area (Å²) in [5, 5.41) is 0.466. The summed E-state index contributed by atoms with van der Waals surface area (Å²) in [6.45, 7) is 2.83. The number of aromatic nitrogens is 1. The maximum absolute atomic E-state index is 13.9. The number of hydrogen-bond donors (Lipinski definition) is 0. The van der Waals surface area contributed by atoms with Crippen LogP contribution in [0, 0.1) is 18.7 Å². The van der Waals surface area contributed by atoms with Crippen LogP contribution in [0.3, 0.4) is 0 Å². The van der Waals surface area contributed by atoms with E-state index in [1.807, 2.05) is 0 Å². The number of hydrogen-bond acceptors (Lipinski definition) is 4. The molecule has 2 heterocycles. The van der Waals surface area contributed by atoms with Crippen LogP contribution < -0.4 is 0 Å². The molecule has 0 saturated carbocycles. The molecular formula is C29H33FN4O4. The summed E-state index contributed by atoms with van der Waals surface area (Å²) in [5.74, 6) is -1.43. The third-order valence-corrected chi connectivity index (χ3v) is 7.19. The second-order valence-corrected chi connectivity index (χ2v) is 10.3. The first-order valence-corrected chi connectivity index (χ1v) is 12.7. The van der Waals surface area contributed by atoms with E-state index in [9.17, 15) is 23.6 Å². The number of rotatable bonds is 5. The van der Waals surface area contributed by atoms with Gasteiger partial charge in [-0.25, -0.2) is 9.18 Å². The summed E-state index contributed by atoms with van der Waals surface area (Å²) in [6, 6.07) is 10.9. The van der Waals surface area contributed by atoms with Gasteiger partial charge in [0.05, 0.1) is 11.1 Å². The van der Waals surface area contributed by atoms with Gasteiger partial charge in [0.25, 0.3) is 11.8 Å². The fraction of sp³-hybridized carbons (Fsp3) is 0.379. The SMILES string of the molecule is Cc1c(C(=O)N2CCC(Cc3ccc(F)cc3)CC2)c2cc(C(=O)C(=O)N(C)C)ccc2n1C(=O)N(C)C. The van der Waals surface area contributed by atoms with Crippen LogP contribution in [0.1, 0.15) is 44.8 Å². The number of likely N-dealkylation sites (tertiary alicyclic amines) is 1. The number of Topliss-reactive ketones (excluding diaryl/α,β-unsaturated/α-hetero) is 1. The predicted molar refractivity (Wildman–Crippen MR) is 143 cm³/mol. The minimum atomic E-state index is -0.679. The van der Waals surface area contributed by atoms with Gasteiger partial charge >= 0.3 is 6.03 Å². The fourth-order valence-corrected chi connectivity index (χ4v) is 5.06. The molecule has 38 heavy (non-hydrogen) atoms. The van der Waals surface area contributed by atoms with Crippen molar-refractivity contribution in [3.8, 4) is 0 Å². The largest absolute Gasteiger partial charge is 0.342 e. The van der Waals surface area contributed by atoms with Gasteiger partial charge in [-0.3, -0.25) is 19.0 Å². The van der Waals surface area contributed by atoms with Crippen LogP contribution in [0.15, 0.2) is 42.5 Å². The molecule has 0 unspecified atom stereocenters. The van der Waals surface area contributed by atoms with E-state index in [2.05, 4.69) is 0 Å². The van der Waals surface area contributed by atoms with Crippen molar-refractivity contribution in [2.45, 2.75) is 26.2 Å². The number of amides is 3. The van der Waals surface area contributed by atoms with Crippen LogP contribution in [0.5, 0.6) is 0 Å². The lowest BCUT2D eigenvalue weighted by atomic mass is 9.90. The van der Waals surface area contributed by atoms with Crippen LogP contribution in [0.2, 0.25) is 0 Å². The van der Waals surface area contributed by atoms with Gasteiger partial charge in [0, 0.05) is 57.9 Å². The second-order valence-electron chi connectivity index (χ2n) is 10.3. The van der Waals surface area contributed by atoms with Gasteiger partial charge in [0.15, 0.2) is 0 Å². The Morgan fingerprint density at radius 1 is 0.921 bits per heavy atom. The van der Waals surface area contributed by atoms with E-state index in [0.29, 0.717) is 41.2 Å². The third kappa shape index (κ3) is 5.18. The van der Waals surface area contributed by atoms with Gasteiger partial charge in [0.2, 0.25) is 5.78 Å². The molecule has 9 heteroatoms. The zero-order valence-corrected chi connectivity index (χ0v) is 22.5. The van der Waals surface area contributed by atoms with E-state index in [1.165, 1.54) is 46.7 Å². The van der Waals surface area contributed by atoms with Gasteiger partial charge < -0.3 is 14.7 Å². The summed E-state index contributed by atoms with van der Waals surface area (Å²) >= 11 is 0. The predicted octanol–water partition coefficient (Wildman–Crippen LogP) is 3.98. The highest BCUT2D eigenvalue weighted by Crippen LogP contribution is 2.31. The smallest absolute Gasteiger partial charge is 0.328 e. The number of fused-ring (bicyclic) bond motifs is 1. The zero-order valence-electron chi connectivity index (χ0n) is 22.5. The molecule has 1 fully saturated rings. The highest BCUT2D eigenvalue weighted by molar-refractivity contribution is 6.43. The van der Waals surface area contributed by atoms with E-state index in [4.69, 9.17) is 0 Å². The summed E-state index contributed by atoms with van der Waals surface area (Å²) < 4.78 is 14.7. The number of halogens is 1. The number of carbonyl (C=O) groups is 4. The lowest BCUT2D eigenvalue weighted by Gasteiger charge is -2.32. The summed E-state index contributed by atoms with van der Waals surface area (Å²) in [5.41, 5.74) is 2.59. The Labute approximate surface area is 221 Å². The number of nitrogens with zero attached hydrogens (tertiary/aromatic N) is 4. The quantitative estimate of drug-likeness (QED) is 0.376. The van der Waals surface area contributed by atoms with Crippen molar-refractivity contribution in [3.05, 3.63) is 70.7 Å². The minimum absolute atomic E-state index is 0.165. The van der Waals surface area contributed by atoms with Crippen LogP contribution >= 0.6 is 0 Å². The number of carbonyl (C=O) groups excluding carboxylic acids is 4. The topological polar surface area (TPSA) is 82.9 Å². The maximum Gasteiger partial charge on any atom is 0.328 e. The molecule has 2 aromatic carbocycles. The zero-order chi connectivity index (χ0) is 27.7. The first-order chi connectivity index (χ1) is 18.0. The standard InChI is InChI=1S/C29H33FN4O4/c1-18-25(27(36)33-14-12-20(13-15-33)16-19-6-9-22(30)10-7-19)23-17-21(26(35)28(37)31(2)3)8-11-24(23)34(18)29(38)32(4)5/h6-11,17,20H,12-16H2,1-5H3. The monoisotopic (exact) mass is 520 g/mol. The van der Waals surface area contributed by atoms with Crippen LogP contribution in [-0.4, -0.2) is 84.2 Å². The normalized spacial score (nSPS) is 14.0. The lowest BCUT2D eigenvalue weighted by Crippen LogP contribution is -2.39. The van der Waals surface area contributed by atoms with Crippen LogP contribution in [0.4, 0.5) is 9.18 Å². The second kappa shape index (κ2) is 10.8. The third-order valence-electron chi connectivity index (χ3n) is 7.19. The molecule has 0 radical (unpaired) electrons. The molecule has 0 aliphatic carbocycles. The Balaban J connectivity index is 1.65. The van der Waals surface area contributed by atoms with Crippen LogP contribution in [0.25, 0.3) is 10.9 Å². The minimum Gasteiger partial charge on any atom is -0.342 e. The van der Waals surface area contributed by atoms with E-state index in [1.54, 1.807) is 50.2 Å². The van der Waals surface area contributed by atoms with E-state index in [0.717, 1.165) is 24.8 Å². The molecule has 3 amide bonds. The van der Waals surface area contributed by atoms with Crippen LogP contribution in [-0.2, 0) is 11.2 Å². The molecule has 0 spiro atoms. The van der Waals surface area contributed by atoms with Gasteiger partial charge in [-0.15, -0.1) is 0 Å². The molecule has 0 N–H and O–H groups in total. The first kappa shape index (κ1) is 27.0. The Morgan fingerprint density at radius 3 is 2.13 bits per heavy atom. The van der Waals surface area contributed by atoms with Crippen molar-refractivity contribution in [2.75, 3.05) is 41.3 Å². The molecule has 0 atom stereocenters. The van der Waals surface area contributed by atoms with Crippen molar-refractivity contribution in [2.24, 2.45) is 5.92 Å². The average Bonchev–Trinajstić information content (AvgIpc) is 3.19. The number of ketones is 1. The average molecular weight is 521 g/mol. The van der Waals surface area contributed by atoms with Gasteiger partial charge in [-0.2, -0.15) is 0 Å². The molecule has 1 aliphatic heterocycles. The van der Waals surface area contributed by atoms with Crippen molar-refractivity contribution < 1.29 is 23.6 Å². The molecule has 200 valence electrons. The highest BCUT2D eigenvalue weighted by atomic mass is 19.1. The molecule has 4 rings (SSSR count). The molecule has 8 nitrogen and oxygen atoms in total. The molecule has 1 aromatic heterocycles. The number of likely N-dealkylation sites (N-methyl/N-ethyl adjacent to an activating group) is 1. The molecule has 3 aromatic rings. The van der Waals surface area contributed by atoms with E-state index in [-0.39, 0.29) is 23.3 Å². The molecule has 1 saturated heterocycles. The Hall–Kier alpha value is -4.01. The van der Waals surface area contributed by atoms with E-state index >= 15 is 0 Å². The first-order valence-electron chi connectivity index (χ1n) is 12.7. The van der Waals surface area contributed by atoms with Crippen molar-refractivity contribution in [3.63, 3.8) is 0 Å².